The molecule has 44 heavy (non-hydrogen) atoms. The number of ether oxygens (including phenoxy) is 6. The number of hydrogen-bond donors (Lipinski definition) is 6. The van der Waals surface area contributed by atoms with Gasteiger partial charge < -0.3 is 33.5 Å². The number of rotatable bonds is 27. The van der Waals surface area contributed by atoms with Gasteiger partial charge in [-0.1, -0.05) is 0 Å². The largest absolute Gasteiger partial charge is 0.465 e. The van der Waals surface area contributed by atoms with Crippen molar-refractivity contribution >= 4 is 93.0 Å². The van der Waals surface area contributed by atoms with Gasteiger partial charge in [0.1, 0.15) is 33.0 Å². The van der Waals surface area contributed by atoms with Gasteiger partial charge in [0, 0.05) is 35.4 Å². The van der Waals surface area contributed by atoms with Crippen molar-refractivity contribution in [2.45, 2.75) is 44.9 Å². The SMILES string of the molecule is O=C(CCS)OCC(CO)(COCCCC(COC(=O)CCS)(COC(=O)CCS)COC(=O)CCS)COC(=O)CCS. The summed E-state index contributed by atoms with van der Waals surface area (Å²) >= 11 is 20.1. The van der Waals surface area contributed by atoms with Crippen LogP contribution in [0, 0.1) is 10.8 Å². The summed E-state index contributed by atoms with van der Waals surface area (Å²) in [5, 5.41) is 10.2. The molecule has 0 aromatic heterocycles. The maximum atomic E-state index is 12.2. The van der Waals surface area contributed by atoms with Gasteiger partial charge in [-0.15, -0.1) is 0 Å². The Morgan fingerprint density at radius 1 is 0.477 bits per heavy atom. The molecule has 0 saturated carbocycles. The standard InChI is InChI=1S/C27H46O12S5/c28-14-27(19-38-24(32)5-12-43,20-39-25(33)6-13-44)15-34-8-1-7-26(16-35-21(29)2-9-40,17-36-22(30)3-10-41)18-37-23(31)4-11-42/h28,40-44H,1-20H2. The molecular weight excluding hydrogens is 677 g/mol. The Morgan fingerprint density at radius 3 is 1.05 bits per heavy atom. The number of aliphatic hydroxyl groups is 1. The zero-order valence-electron chi connectivity index (χ0n) is 24.8. The van der Waals surface area contributed by atoms with Crippen molar-refractivity contribution in [2.24, 2.45) is 10.8 Å². The highest BCUT2D eigenvalue weighted by atomic mass is 32.1. The molecule has 17 heteroatoms. The summed E-state index contributed by atoms with van der Waals surface area (Å²) in [4.78, 5) is 60.4. The molecule has 0 aliphatic heterocycles. The molecule has 0 aliphatic rings. The maximum Gasteiger partial charge on any atom is 0.306 e. The Hall–Kier alpha value is -0.980. The van der Waals surface area contributed by atoms with Crippen molar-refractivity contribution in [1.29, 1.82) is 0 Å². The van der Waals surface area contributed by atoms with E-state index in [0.29, 0.717) is 6.42 Å². The first-order valence-electron chi connectivity index (χ1n) is 14.1. The molecule has 0 aromatic carbocycles. The van der Waals surface area contributed by atoms with Crippen molar-refractivity contribution in [3.63, 3.8) is 0 Å². The number of aliphatic hydroxyl groups excluding tert-OH is 1. The molecule has 0 aliphatic carbocycles. The Labute approximate surface area is 286 Å². The molecule has 12 nitrogen and oxygen atoms in total. The number of carbonyl (C=O) groups excluding carboxylic acids is 5. The average molecular weight is 723 g/mol. The van der Waals surface area contributed by atoms with Crippen LogP contribution in [0.15, 0.2) is 0 Å². The van der Waals surface area contributed by atoms with Crippen molar-refractivity contribution < 1.29 is 57.5 Å². The van der Waals surface area contributed by atoms with Crippen LogP contribution < -0.4 is 0 Å². The van der Waals surface area contributed by atoms with Crippen molar-refractivity contribution in [1.82, 2.24) is 0 Å². The second-order valence-electron chi connectivity index (χ2n) is 9.99. The average Bonchev–Trinajstić information content (AvgIpc) is 2.99. The molecule has 0 bridgehead atoms. The topological polar surface area (TPSA) is 161 Å². The van der Waals surface area contributed by atoms with E-state index in [0.717, 1.165) is 0 Å². The van der Waals surface area contributed by atoms with E-state index in [-0.39, 0.29) is 114 Å². The fourth-order valence-electron chi connectivity index (χ4n) is 3.43. The van der Waals surface area contributed by atoms with Gasteiger partial charge >= 0.3 is 29.8 Å². The monoisotopic (exact) mass is 722 g/mol. The highest BCUT2D eigenvalue weighted by Crippen LogP contribution is 2.28. The van der Waals surface area contributed by atoms with Crippen LogP contribution >= 0.6 is 63.1 Å². The lowest BCUT2D eigenvalue weighted by Crippen LogP contribution is -2.42. The number of esters is 5. The first kappa shape index (κ1) is 43.0. The zero-order chi connectivity index (χ0) is 33.3. The lowest BCUT2D eigenvalue weighted by molar-refractivity contribution is -0.162. The molecule has 0 radical (unpaired) electrons. The minimum Gasteiger partial charge on any atom is -0.465 e. The Bertz CT molecular complexity index is 784. The highest BCUT2D eigenvalue weighted by molar-refractivity contribution is 7.80. The predicted molar refractivity (Wildman–Crippen MR) is 179 cm³/mol. The number of hydrogen-bond acceptors (Lipinski definition) is 17. The molecule has 256 valence electrons. The molecular formula is C27H46O12S5. The molecule has 0 rings (SSSR count). The van der Waals surface area contributed by atoms with Gasteiger partial charge in [0.25, 0.3) is 0 Å². The van der Waals surface area contributed by atoms with E-state index in [1.54, 1.807) is 0 Å². The lowest BCUT2D eigenvalue weighted by Gasteiger charge is -2.33. The molecule has 0 unspecified atom stereocenters. The first-order chi connectivity index (χ1) is 21.0. The van der Waals surface area contributed by atoms with Crippen LogP contribution in [-0.4, -0.2) is 117 Å². The van der Waals surface area contributed by atoms with E-state index in [1.807, 2.05) is 0 Å². The van der Waals surface area contributed by atoms with Crippen LogP contribution in [-0.2, 0) is 52.4 Å². The molecule has 0 atom stereocenters. The third kappa shape index (κ3) is 20.2. The Morgan fingerprint density at radius 2 is 0.773 bits per heavy atom. The summed E-state index contributed by atoms with van der Waals surface area (Å²) in [6, 6.07) is 0. The van der Waals surface area contributed by atoms with Gasteiger partial charge in [0.15, 0.2) is 0 Å². The minimum absolute atomic E-state index is 0.0571. The predicted octanol–water partition coefficient (Wildman–Crippen LogP) is 2.06. The summed E-state index contributed by atoms with van der Waals surface area (Å²) in [7, 11) is 0. The van der Waals surface area contributed by atoms with Crippen LogP contribution in [0.4, 0.5) is 0 Å². The second kappa shape index (κ2) is 26.1. The zero-order valence-corrected chi connectivity index (χ0v) is 29.3. The second-order valence-corrected chi connectivity index (χ2v) is 12.2. The quantitative estimate of drug-likeness (QED) is 0.0318. The Balaban J connectivity index is 5.66. The summed E-state index contributed by atoms with van der Waals surface area (Å²) in [5.41, 5.74) is -2.32. The van der Waals surface area contributed by atoms with Crippen molar-refractivity contribution in [3.8, 4) is 0 Å². The Kier molecular flexibility index (Phi) is 25.5. The van der Waals surface area contributed by atoms with Crippen LogP contribution in [0.2, 0.25) is 0 Å². The van der Waals surface area contributed by atoms with Gasteiger partial charge in [-0.2, -0.15) is 63.1 Å². The van der Waals surface area contributed by atoms with Gasteiger partial charge in [-0.3, -0.25) is 24.0 Å². The molecule has 0 saturated heterocycles. The highest BCUT2D eigenvalue weighted by Gasteiger charge is 2.37. The van der Waals surface area contributed by atoms with Gasteiger partial charge in [0.2, 0.25) is 0 Å². The summed E-state index contributed by atoms with van der Waals surface area (Å²) < 4.78 is 32.7. The smallest absolute Gasteiger partial charge is 0.306 e. The maximum absolute atomic E-state index is 12.2. The van der Waals surface area contributed by atoms with E-state index >= 15 is 0 Å². The summed E-state index contributed by atoms with van der Waals surface area (Å²) in [6.07, 6.45) is 0.846. The first-order valence-corrected chi connectivity index (χ1v) is 17.2. The van der Waals surface area contributed by atoms with Crippen LogP contribution in [0.25, 0.3) is 0 Å². The normalized spacial score (nSPS) is 11.5. The van der Waals surface area contributed by atoms with Gasteiger partial charge in [-0.05, 0) is 12.8 Å². The van der Waals surface area contributed by atoms with E-state index in [2.05, 4.69) is 63.1 Å². The molecule has 0 spiro atoms. The van der Waals surface area contributed by atoms with Crippen LogP contribution in [0.3, 0.4) is 0 Å². The molecule has 0 heterocycles. The summed E-state index contributed by atoms with van der Waals surface area (Å²) in [6.45, 7) is -1.69. The number of carbonyl (C=O) groups is 5. The van der Waals surface area contributed by atoms with E-state index in [4.69, 9.17) is 28.4 Å². The fraction of sp³-hybridized carbons (Fsp3) is 0.815. The minimum atomic E-state index is -1.23. The van der Waals surface area contributed by atoms with Crippen molar-refractivity contribution in [2.75, 3.05) is 81.6 Å². The molecule has 0 aromatic rings. The third-order valence-corrected chi connectivity index (χ3v) is 7.13. The molecule has 0 fully saturated rings. The van der Waals surface area contributed by atoms with Crippen LogP contribution in [0.5, 0.6) is 0 Å². The van der Waals surface area contributed by atoms with Crippen LogP contribution in [0.1, 0.15) is 44.9 Å². The van der Waals surface area contributed by atoms with Gasteiger partial charge in [0.05, 0.1) is 56.1 Å². The third-order valence-electron chi connectivity index (χ3n) is 6.02. The van der Waals surface area contributed by atoms with Gasteiger partial charge in [-0.25, -0.2) is 0 Å². The fourth-order valence-corrected chi connectivity index (χ4v) is 4.34. The lowest BCUT2D eigenvalue weighted by atomic mass is 9.85. The summed E-state index contributed by atoms with van der Waals surface area (Å²) in [5.74, 6) is -1.25. The van der Waals surface area contributed by atoms with E-state index in [1.165, 1.54) is 0 Å². The molecule has 0 amide bonds. The number of thiol groups is 5. The molecule has 1 N–H and O–H groups in total. The van der Waals surface area contributed by atoms with E-state index in [9.17, 15) is 29.1 Å². The van der Waals surface area contributed by atoms with Crippen molar-refractivity contribution in [3.05, 3.63) is 0 Å². The van der Waals surface area contributed by atoms with E-state index < -0.39 is 47.3 Å².